The number of aryl methyl sites for hydroxylation is 1. The zero-order valence-electron chi connectivity index (χ0n) is 6.30. The average Bonchev–Trinajstić information content (AvgIpc) is 2.40. The maximum atomic E-state index is 11.4. The molecule has 0 aromatic carbocycles. The Labute approximate surface area is 70.0 Å². The second-order valence-electron chi connectivity index (χ2n) is 2.89. The first-order chi connectivity index (χ1) is 5.38. The topological polar surface area (TPSA) is 27.5 Å². The van der Waals surface area contributed by atoms with Crippen molar-refractivity contribution in [2.45, 2.75) is 19.3 Å². The molecule has 1 unspecified atom stereocenters. The lowest BCUT2D eigenvalue weighted by Crippen LogP contribution is -3.01. The van der Waals surface area contributed by atoms with E-state index in [1.165, 1.54) is 11.3 Å². The molecule has 0 spiro atoms. The summed E-state index contributed by atoms with van der Waals surface area (Å²) in [4.78, 5) is 1.30. The van der Waals surface area contributed by atoms with Crippen LogP contribution in [0.3, 0.4) is 0 Å². The third-order valence-electron chi connectivity index (χ3n) is 2.10. The van der Waals surface area contributed by atoms with E-state index in [9.17, 15) is 5.21 Å². The maximum Gasteiger partial charge on any atom is 0.145 e. The van der Waals surface area contributed by atoms with Crippen LogP contribution in [0.2, 0.25) is 0 Å². The third-order valence-corrected chi connectivity index (χ3v) is 3.08. The molecule has 60 valence electrons. The second kappa shape index (κ2) is 2.93. The predicted molar refractivity (Wildman–Crippen MR) is 46.1 cm³/mol. The fraction of sp³-hybridized carbons (Fsp3) is 0.500. The van der Waals surface area contributed by atoms with Crippen LogP contribution in [0, 0.1) is 5.21 Å². The minimum atomic E-state index is 0.346. The van der Waals surface area contributed by atoms with E-state index in [-0.39, 0.29) is 0 Å². The van der Waals surface area contributed by atoms with Gasteiger partial charge in [-0.3, -0.25) is 0 Å². The lowest BCUT2D eigenvalue weighted by Gasteiger charge is -2.18. The average molecular weight is 169 g/mol. The third kappa shape index (κ3) is 1.31. The molecule has 1 aromatic rings. The van der Waals surface area contributed by atoms with Crippen molar-refractivity contribution in [3.63, 3.8) is 0 Å². The highest BCUT2D eigenvalue weighted by Gasteiger charge is 2.14. The fourth-order valence-corrected chi connectivity index (χ4v) is 2.43. The standard InChI is InChI=1S/C8H11NOS/c10-9-5-2-1-3-8-7(9)4-6-11-8/h4,6,9H,1-3,5H2. The van der Waals surface area contributed by atoms with E-state index >= 15 is 0 Å². The van der Waals surface area contributed by atoms with Gasteiger partial charge in [0.25, 0.3) is 0 Å². The number of hydrogen-bond acceptors (Lipinski definition) is 2. The molecule has 1 aromatic heterocycles. The van der Waals surface area contributed by atoms with Gasteiger partial charge in [-0.15, -0.1) is 11.3 Å². The Morgan fingerprint density at radius 2 is 2.36 bits per heavy atom. The van der Waals surface area contributed by atoms with Crippen LogP contribution in [-0.2, 0) is 6.42 Å². The zero-order chi connectivity index (χ0) is 7.68. The number of hydroxylamine groups is 1. The molecule has 1 N–H and O–H groups in total. The number of thiophene rings is 1. The quantitative estimate of drug-likeness (QED) is 0.579. The molecule has 1 atom stereocenters. The smallest absolute Gasteiger partial charge is 0.145 e. The van der Waals surface area contributed by atoms with Crippen LogP contribution in [0.5, 0.6) is 0 Å². The molecule has 2 rings (SSSR count). The summed E-state index contributed by atoms with van der Waals surface area (Å²) in [6.45, 7) is 0.754. The van der Waals surface area contributed by atoms with Crippen LogP contribution >= 0.6 is 11.3 Å². The fourth-order valence-electron chi connectivity index (χ4n) is 1.49. The van der Waals surface area contributed by atoms with Gasteiger partial charge in [0.1, 0.15) is 5.69 Å². The normalized spacial score (nSPS) is 24.3. The highest BCUT2D eigenvalue weighted by Crippen LogP contribution is 2.22. The van der Waals surface area contributed by atoms with Crippen molar-refractivity contribution >= 4 is 17.0 Å². The Bertz CT molecular complexity index is 246. The largest absolute Gasteiger partial charge is 0.629 e. The van der Waals surface area contributed by atoms with Gasteiger partial charge in [-0.05, 0) is 24.6 Å². The summed E-state index contributed by atoms with van der Waals surface area (Å²) >= 11 is 1.72. The molecular formula is C8H11NOS. The predicted octanol–water partition coefficient (Wildman–Crippen LogP) is 1.10. The van der Waals surface area contributed by atoms with Crippen molar-refractivity contribution < 1.29 is 5.06 Å². The van der Waals surface area contributed by atoms with Crippen LogP contribution in [-0.4, -0.2) is 6.54 Å². The SMILES string of the molecule is [O-][NH+]1CCCCc2sccc21. The highest BCUT2D eigenvalue weighted by molar-refractivity contribution is 7.10. The van der Waals surface area contributed by atoms with Crippen molar-refractivity contribution in [3.05, 3.63) is 21.5 Å². The van der Waals surface area contributed by atoms with E-state index in [4.69, 9.17) is 0 Å². The first-order valence-electron chi connectivity index (χ1n) is 3.97. The van der Waals surface area contributed by atoms with Gasteiger partial charge >= 0.3 is 0 Å². The van der Waals surface area contributed by atoms with E-state index in [1.807, 2.05) is 11.4 Å². The van der Waals surface area contributed by atoms with Crippen LogP contribution in [0.1, 0.15) is 17.7 Å². The monoisotopic (exact) mass is 169 g/mol. The summed E-state index contributed by atoms with van der Waals surface area (Å²) in [5.74, 6) is 0. The van der Waals surface area contributed by atoms with Crippen LogP contribution in [0.4, 0.5) is 5.69 Å². The lowest BCUT2D eigenvalue weighted by atomic mass is 10.2. The van der Waals surface area contributed by atoms with Gasteiger partial charge in [0, 0.05) is 6.07 Å². The van der Waals surface area contributed by atoms with E-state index in [1.54, 1.807) is 11.3 Å². The Balaban J connectivity index is 2.34. The molecule has 2 heterocycles. The molecule has 0 fully saturated rings. The van der Waals surface area contributed by atoms with Crippen molar-refractivity contribution in [3.8, 4) is 0 Å². The summed E-state index contributed by atoms with van der Waals surface area (Å²) in [5, 5.41) is 13.7. The number of nitrogens with one attached hydrogen (secondary N) is 1. The number of fused-ring (bicyclic) bond motifs is 1. The molecule has 1 aliphatic heterocycles. The Kier molecular flexibility index (Phi) is 1.94. The highest BCUT2D eigenvalue weighted by atomic mass is 32.1. The number of quaternary nitrogens is 1. The van der Waals surface area contributed by atoms with Gasteiger partial charge in [-0.1, -0.05) is 0 Å². The van der Waals surface area contributed by atoms with Crippen molar-refractivity contribution in [1.29, 1.82) is 0 Å². The second-order valence-corrected chi connectivity index (χ2v) is 3.89. The van der Waals surface area contributed by atoms with Crippen LogP contribution in [0.15, 0.2) is 11.4 Å². The van der Waals surface area contributed by atoms with Gasteiger partial charge in [-0.2, -0.15) is 0 Å². The molecule has 0 amide bonds. The summed E-state index contributed by atoms with van der Waals surface area (Å²) in [6.07, 6.45) is 3.36. The molecule has 2 nitrogen and oxygen atoms in total. The first-order valence-corrected chi connectivity index (χ1v) is 4.85. The lowest BCUT2D eigenvalue weighted by molar-refractivity contribution is -0.776. The van der Waals surface area contributed by atoms with E-state index in [0.717, 1.165) is 25.1 Å². The maximum absolute atomic E-state index is 11.4. The van der Waals surface area contributed by atoms with Crippen molar-refractivity contribution in [1.82, 2.24) is 0 Å². The Morgan fingerprint density at radius 1 is 1.45 bits per heavy atom. The van der Waals surface area contributed by atoms with Crippen LogP contribution in [0.25, 0.3) is 0 Å². The molecule has 0 saturated carbocycles. The van der Waals surface area contributed by atoms with Crippen molar-refractivity contribution in [2.24, 2.45) is 0 Å². The van der Waals surface area contributed by atoms with Crippen LogP contribution < -0.4 is 5.06 Å². The summed E-state index contributed by atoms with van der Waals surface area (Å²) < 4.78 is 0. The minimum Gasteiger partial charge on any atom is -0.629 e. The summed E-state index contributed by atoms with van der Waals surface area (Å²) in [5.41, 5.74) is 0.993. The van der Waals surface area contributed by atoms with Gasteiger partial charge < -0.3 is 10.3 Å². The van der Waals surface area contributed by atoms with Gasteiger partial charge in [0.15, 0.2) is 0 Å². The molecule has 3 heteroatoms. The molecule has 0 aliphatic carbocycles. The first kappa shape index (κ1) is 7.28. The van der Waals surface area contributed by atoms with Gasteiger partial charge in [0.2, 0.25) is 0 Å². The number of hydrogen-bond donors (Lipinski definition) is 1. The molecular weight excluding hydrogens is 158 g/mol. The Hall–Kier alpha value is -0.380. The molecule has 11 heavy (non-hydrogen) atoms. The van der Waals surface area contributed by atoms with Gasteiger partial charge in [0.05, 0.1) is 11.4 Å². The van der Waals surface area contributed by atoms with Crippen molar-refractivity contribution in [2.75, 3.05) is 6.54 Å². The summed E-state index contributed by atoms with van der Waals surface area (Å²) in [6, 6.07) is 1.97. The van der Waals surface area contributed by atoms with E-state index in [0.29, 0.717) is 5.06 Å². The molecule has 0 radical (unpaired) electrons. The zero-order valence-corrected chi connectivity index (χ0v) is 7.12. The molecule has 0 saturated heterocycles. The number of rotatable bonds is 0. The molecule has 1 aliphatic rings. The molecule has 0 bridgehead atoms. The Morgan fingerprint density at radius 3 is 3.27 bits per heavy atom. The van der Waals surface area contributed by atoms with E-state index in [2.05, 4.69) is 0 Å². The van der Waals surface area contributed by atoms with Gasteiger partial charge in [-0.25, -0.2) is 0 Å². The van der Waals surface area contributed by atoms with E-state index < -0.39 is 0 Å². The minimum absolute atomic E-state index is 0.346. The summed E-state index contributed by atoms with van der Waals surface area (Å²) in [7, 11) is 0.